The fourth-order valence-electron chi connectivity index (χ4n) is 1.15. The van der Waals surface area contributed by atoms with Gasteiger partial charge in [-0.15, -0.1) is 0 Å². The van der Waals surface area contributed by atoms with Crippen LogP contribution in [-0.2, 0) is 11.3 Å². The van der Waals surface area contributed by atoms with Crippen LogP contribution >= 0.6 is 0 Å². The normalized spacial score (nSPS) is 12.5. The summed E-state index contributed by atoms with van der Waals surface area (Å²) in [6, 6.07) is 9.66. The molecule has 0 aliphatic carbocycles. The van der Waals surface area contributed by atoms with Gasteiger partial charge in [-0.05, 0) is 30.5 Å². The van der Waals surface area contributed by atoms with Crippen LogP contribution in [0, 0.1) is 17.2 Å². The predicted octanol–water partition coefficient (Wildman–Crippen LogP) is 3.12. The molecule has 0 amide bonds. The van der Waals surface area contributed by atoms with Gasteiger partial charge in [-0.3, -0.25) is 0 Å². The van der Waals surface area contributed by atoms with Gasteiger partial charge in [0.2, 0.25) is 0 Å². The lowest BCUT2D eigenvalue weighted by Gasteiger charge is -2.16. The molecule has 0 saturated carbocycles. The lowest BCUT2D eigenvalue weighted by atomic mass is 10.1. The third-order valence-corrected chi connectivity index (χ3v) is 2.51. The van der Waals surface area contributed by atoms with E-state index >= 15 is 0 Å². The Bertz CT molecular complexity index is 352. The number of nitriles is 1. The zero-order valence-electron chi connectivity index (χ0n) is 9.53. The predicted molar refractivity (Wildman–Crippen MR) is 60.2 cm³/mol. The first-order valence-electron chi connectivity index (χ1n) is 5.24. The van der Waals surface area contributed by atoms with Crippen molar-refractivity contribution in [2.75, 3.05) is 0 Å². The molecule has 1 atom stereocenters. The minimum atomic E-state index is 0.246. The van der Waals surface area contributed by atoms with Crippen LogP contribution in [0.2, 0.25) is 0 Å². The third-order valence-electron chi connectivity index (χ3n) is 2.51. The molecule has 0 fully saturated rings. The van der Waals surface area contributed by atoms with Crippen LogP contribution in [0.1, 0.15) is 31.9 Å². The quantitative estimate of drug-likeness (QED) is 0.753. The maximum absolute atomic E-state index is 8.74. The van der Waals surface area contributed by atoms with Crippen LogP contribution in [0.15, 0.2) is 24.3 Å². The Hall–Kier alpha value is -1.33. The van der Waals surface area contributed by atoms with Gasteiger partial charge in [0.1, 0.15) is 0 Å². The maximum atomic E-state index is 8.74. The van der Waals surface area contributed by atoms with Gasteiger partial charge in [0.25, 0.3) is 0 Å². The molecule has 0 bridgehead atoms. The van der Waals surface area contributed by atoms with Crippen molar-refractivity contribution in [3.8, 4) is 6.07 Å². The Balaban J connectivity index is 2.55. The molecule has 0 radical (unpaired) electrons. The van der Waals surface area contributed by atoms with Gasteiger partial charge in [-0.1, -0.05) is 26.0 Å². The molecular formula is C13H17NO. The largest absolute Gasteiger partial charge is 0.374 e. The van der Waals surface area contributed by atoms with E-state index in [0.717, 1.165) is 5.56 Å². The van der Waals surface area contributed by atoms with Crippen molar-refractivity contribution >= 4 is 0 Å². The molecule has 2 heteroatoms. The highest BCUT2D eigenvalue weighted by Gasteiger charge is 2.07. The van der Waals surface area contributed by atoms with E-state index in [4.69, 9.17) is 10.00 Å². The van der Waals surface area contributed by atoms with Gasteiger partial charge in [-0.2, -0.15) is 5.26 Å². The molecule has 0 spiro atoms. The fourth-order valence-corrected chi connectivity index (χ4v) is 1.15. The van der Waals surface area contributed by atoms with Gasteiger partial charge in [0.05, 0.1) is 24.3 Å². The highest BCUT2D eigenvalue weighted by atomic mass is 16.5. The lowest BCUT2D eigenvalue weighted by molar-refractivity contribution is 0.0235. The van der Waals surface area contributed by atoms with E-state index in [9.17, 15) is 0 Å². The molecule has 1 rings (SSSR count). The van der Waals surface area contributed by atoms with Gasteiger partial charge in [0, 0.05) is 0 Å². The molecule has 0 N–H and O–H groups in total. The molecule has 15 heavy (non-hydrogen) atoms. The summed E-state index contributed by atoms with van der Waals surface area (Å²) < 4.78 is 5.68. The summed E-state index contributed by atoms with van der Waals surface area (Å²) in [6.07, 6.45) is 0.246. The number of rotatable bonds is 4. The summed E-state index contributed by atoms with van der Waals surface area (Å²) in [5, 5.41) is 8.74. The highest BCUT2D eigenvalue weighted by molar-refractivity contribution is 5.32. The van der Waals surface area contributed by atoms with E-state index in [0.29, 0.717) is 18.1 Å². The van der Waals surface area contributed by atoms with Crippen LogP contribution < -0.4 is 0 Å². The molecule has 0 aliphatic heterocycles. The van der Waals surface area contributed by atoms with Gasteiger partial charge < -0.3 is 4.74 Å². The molecular weight excluding hydrogens is 186 g/mol. The lowest BCUT2D eigenvalue weighted by Crippen LogP contribution is -2.15. The zero-order chi connectivity index (χ0) is 11.3. The summed E-state index contributed by atoms with van der Waals surface area (Å²) in [7, 11) is 0. The van der Waals surface area contributed by atoms with E-state index in [2.05, 4.69) is 26.8 Å². The molecule has 0 heterocycles. The first-order chi connectivity index (χ1) is 7.13. The number of ether oxygens (including phenoxy) is 1. The van der Waals surface area contributed by atoms with Crippen LogP contribution in [0.3, 0.4) is 0 Å². The van der Waals surface area contributed by atoms with Crippen molar-refractivity contribution < 1.29 is 4.74 Å². The van der Waals surface area contributed by atoms with E-state index < -0.39 is 0 Å². The van der Waals surface area contributed by atoms with E-state index in [1.807, 2.05) is 18.2 Å². The second-order valence-electron chi connectivity index (χ2n) is 4.07. The van der Waals surface area contributed by atoms with Crippen molar-refractivity contribution in [2.45, 2.75) is 33.5 Å². The molecule has 0 saturated heterocycles. The van der Waals surface area contributed by atoms with Crippen molar-refractivity contribution in [1.82, 2.24) is 0 Å². The Morgan fingerprint density at radius 2 is 2.07 bits per heavy atom. The summed E-state index contributed by atoms with van der Waals surface area (Å²) in [5.41, 5.74) is 1.75. The summed E-state index contributed by atoms with van der Waals surface area (Å²) >= 11 is 0. The monoisotopic (exact) mass is 203 g/mol. The van der Waals surface area contributed by atoms with E-state index in [1.165, 1.54) is 0 Å². The minimum absolute atomic E-state index is 0.246. The third kappa shape index (κ3) is 3.73. The minimum Gasteiger partial charge on any atom is -0.374 e. The standard InChI is InChI=1S/C13H17NO/c1-10(2)11(3)15-9-13-6-4-5-12(7-13)8-14/h4-7,10-11H,9H2,1-3H3. The van der Waals surface area contributed by atoms with Crippen molar-refractivity contribution in [3.63, 3.8) is 0 Å². The maximum Gasteiger partial charge on any atom is 0.0991 e. The summed E-state index contributed by atoms with van der Waals surface area (Å²) in [6.45, 7) is 6.92. The van der Waals surface area contributed by atoms with E-state index in [1.54, 1.807) is 6.07 Å². The van der Waals surface area contributed by atoms with Crippen LogP contribution in [0.25, 0.3) is 0 Å². The van der Waals surface area contributed by atoms with Crippen LogP contribution in [-0.4, -0.2) is 6.10 Å². The second-order valence-corrected chi connectivity index (χ2v) is 4.07. The average Bonchev–Trinajstić information content (AvgIpc) is 2.26. The number of benzene rings is 1. The summed E-state index contributed by atoms with van der Waals surface area (Å²) in [5.74, 6) is 0.518. The van der Waals surface area contributed by atoms with Gasteiger partial charge >= 0.3 is 0 Å². The molecule has 0 aromatic heterocycles. The SMILES string of the molecule is CC(C)C(C)OCc1cccc(C#N)c1. The second kappa shape index (κ2) is 5.53. The average molecular weight is 203 g/mol. The Morgan fingerprint density at radius 3 is 2.67 bits per heavy atom. The molecule has 80 valence electrons. The zero-order valence-corrected chi connectivity index (χ0v) is 9.53. The summed E-state index contributed by atoms with van der Waals surface area (Å²) in [4.78, 5) is 0. The Labute approximate surface area is 91.5 Å². The first-order valence-corrected chi connectivity index (χ1v) is 5.24. The molecule has 0 aliphatic rings. The smallest absolute Gasteiger partial charge is 0.0991 e. The van der Waals surface area contributed by atoms with Crippen molar-refractivity contribution in [2.24, 2.45) is 5.92 Å². The molecule has 2 nitrogen and oxygen atoms in total. The Morgan fingerprint density at radius 1 is 1.33 bits per heavy atom. The number of hydrogen-bond acceptors (Lipinski definition) is 2. The van der Waals surface area contributed by atoms with Crippen LogP contribution in [0.4, 0.5) is 0 Å². The molecule has 1 aromatic carbocycles. The number of nitrogens with zero attached hydrogens (tertiary/aromatic N) is 1. The highest BCUT2D eigenvalue weighted by Crippen LogP contribution is 2.10. The number of hydrogen-bond donors (Lipinski definition) is 0. The molecule has 1 aromatic rings. The molecule has 1 unspecified atom stereocenters. The van der Waals surface area contributed by atoms with Crippen molar-refractivity contribution in [3.05, 3.63) is 35.4 Å². The first kappa shape index (κ1) is 11.7. The van der Waals surface area contributed by atoms with Gasteiger partial charge in [-0.25, -0.2) is 0 Å². The van der Waals surface area contributed by atoms with Crippen LogP contribution in [0.5, 0.6) is 0 Å². The Kier molecular flexibility index (Phi) is 4.33. The van der Waals surface area contributed by atoms with E-state index in [-0.39, 0.29) is 6.10 Å². The topological polar surface area (TPSA) is 33.0 Å². The van der Waals surface area contributed by atoms with Gasteiger partial charge in [0.15, 0.2) is 0 Å². The van der Waals surface area contributed by atoms with Crippen molar-refractivity contribution in [1.29, 1.82) is 5.26 Å². The fraction of sp³-hybridized carbons (Fsp3) is 0.462.